The van der Waals surface area contributed by atoms with Crippen LogP contribution in [0.2, 0.25) is 0 Å². The topological polar surface area (TPSA) is 99.5 Å². The zero-order chi connectivity index (χ0) is 34.7. The monoisotopic (exact) mass is 692 g/mol. The molecule has 8 nitrogen and oxygen atoms in total. The third kappa shape index (κ3) is 5.44. The van der Waals surface area contributed by atoms with E-state index in [2.05, 4.69) is 102 Å². The minimum absolute atomic E-state index is 0.0176. The van der Waals surface area contributed by atoms with E-state index in [1.807, 2.05) is 11.8 Å². The first-order valence-corrected chi connectivity index (χ1v) is 19.0. The predicted molar refractivity (Wildman–Crippen MR) is 200 cm³/mol. The molecule has 2 saturated heterocycles. The van der Waals surface area contributed by atoms with Gasteiger partial charge < -0.3 is 24.8 Å². The molecule has 9 heteroatoms. The van der Waals surface area contributed by atoms with Gasteiger partial charge in [0, 0.05) is 68.9 Å². The van der Waals surface area contributed by atoms with E-state index in [0.717, 1.165) is 49.8 Å². The molecule has 4 bridgehead atoms. The Bertz CT molecular complexity index is 2010. The Kier molecular flexibility index (Phi) is 8.94. The fraction of sp³-hybridized carbons (Fsp3) is 0.463. The number of rotatable bonds is 4. The number of allylic oxidation sites excluding steroid dienone is 2. The summed E-state index contributed by atoms with van der Waals surface area (Å²) in [5, 5.41) is 6.32. The zero-order valence-corrected chi connectivity index (χ0v) is 30.4. The third-order valence-electron chi connectivity index (χ3n) is 12.4. The predicted octanol–water partition coefficient (Wildman–Crippen LogP) is 7.05. The number of esters is 2. The third-order valence-corrected chi connectivity index (χ3v) is 13.9. The fourth-order valence-corrected chi connectivity index (χ4v) is 11.6. The number of hydrogen-bond acceptors (Lipinski definition) is 7. The number of H-pyrrole nitrogens is 2. The van der Waals surface area contributed by atoms with Gasteiger partial charge in [0.15, 0.2) is 0 Å². The second-order valence-corrected chi connectivity index (χ2v) is 16.0. The highest BCUT2D eigenvalue weighted by molar-refractivity contribution is 7.99. The second-order valence-electron chi connectivity index (χ2n) is 14.6. The average Bonchev–Trinajstić information content (AvgIpc) is 3.68. The Hall–Kier alpha value is -3.79. The summed E-state index contributed by atoms with van der Waals surface area (Å²) in [5.74, 6) is -0.704. The Morgan fingerprint density at radius 2 is 1.32 bits per heavy atom. The van der Waals surface area contributed by atoms with E-state index in [1.165, 1.54) is 58.7 Å². The fourth-order valence-electron chi connectivity index (χ4n) is 9.94. The molecule has 0 spiro atoms. The van der Waals surface area contributed by atoms with Gasteiger partial charge in [-0.2, -0.15) is 0 Å². The van der Waals surface area contributed by atoms with Gasteiger partial charge in [0.25, 0.3) is 0 Å². The van der Waals surface area contributed by atoms with Gasteiger partial charge in [0.1, 0.15) is 0 Å². The molecule has 8 atom stereocenters. The molecule has 0 saturated carbocycles. The first-order chi connectivity index (χ1) is 24.3. The lowest BCUT2D eigenvalue weighted by atomic mass is 9.70. The van der Waals surface area contributed by atoms with Crippen molar-refractivity contribution >= 4 is 45.5 Å². The lowest BCUT2D eigenvalue weighted by molar-refractivity contribution is -0.151. The number of para-hydroxylation sites is 2. The Balaban J connectivity index is 1.31. The first-order valence-electron chi connectivity index (χ1n) is 18.1. The molecular formula is C41H48N4O4S. The molecule has 2 aromatic carbocycles. The summed E-state index contributed by atoms with van der Waals surface area (Å²) in [6, 6.07) is 17.2. The van der Waals surface area contributed by atoms with E-state index in [9.17, 15) is 9.59 Å². The molecule has 4 aromatic rings. The number of thioether (sulfide) groups is 1. The Morgan fingerprint density at radius 1 is 0.780 bits per heavy atom. The normalized spacial score (nSPS) is 31.4. The molecule has 262 valence electrons. The molecule has 4 aliphatic rings. The van der Waals surface area contributed by atoms with Crippen LogP contribution < -0.4 is 5.32 Å². The summed E-state index contributed by atoms with van der Waals surface area (Å²) in [4.78, 5) is 37.6. The van der Waals surface area contributed by atoms with Gasteiger partial charge in [0.05, 0.1) is 26.1 Å². The largest absolute Gasteiger partial charge is 0.469 e. The van der Waals surface area contributed by atoms with Crippen LogP contribution in [0.5, 0.6) is 0 Å². The van der Waals surface area contributed by atoms with Crippen LogP contribution in [-0.4, -0.2) is 73.2 Å². The van der Waals surface area contributed by atoms with Crippen LogP contribution in [0.1, 0.15) is 59.7 Å². The highest BCUT2D eigenvalue weighted by Gasteiger charge is 2.49. The van der Waals surface area contributed by atoms with Gasteiger partial charge in [-0.25, -0.2) is 0 Å². The molecule has 2 aromatic heterocycles. The van der Waals surface area contributed by atoms with Crippen molar-refractivity contribution in [3.8, 4) is 0 Å². The molecular weight excluding hydrogens is 645 g/mol. The van der Waals surface area contributed by atoms with Gasteiger partial charge in [0.2, 0.25) is 0 Å². The molecule has 50 heavy (non-hydrogen) atoms. The van der Waals surface area contributed by atoms with Crippen molar-refractivity contribution in [3.63, 3.8) is 0 Å². The number of nitrogens with one attached hydrogen (secondary N) is 3. The van der Waals surface area contributed by atoms with Crippen LogP contribution in [0, 0.1) is 23.7 Å². The zero-order valence-electron chi connectivity index (χ0n) is 29.6. The standard InChI is InChI=1S/C41H48N4O4S/c1-6-22-20-42-32-16-28-24-12-8-10-14-30(24)43-38(28)34(18-26(22)36(32)40(46)48-4)50-35-19-27-23(7-2)21-45(3)33(37(27)41(47)49-5)17-29-25-13-9-11-15-31(25)44-39(29)35/h6-15,26-27,32-37,42-44H,16-21H2,1-5H3/b22-6-,23-7-/t26-,27?,32?,33?,34-,35+,36?,37?/m0/s1. The van der Waals surface area contributed by atoms with Crippen molar-refractivity contribution in [3.05, 3.63) is 94.3 Å². The van der Waals surface area contributed by atoms with Crippen LogP contribution >= 0.6 is 11.8 Å². The summed E-state index contributed by atoms with van der Waals surface area (Å²) in [5.41, 5.74) is 9.94. The van der Waals surface area contributed by atoms with Crippen molar-refractivity contribution in [2.45, 2.75) is 62.1 Å². The van der Waals surface area contributed by atoms with Gasteiger partial charge in [-0.15, -0.1) is 11.8 Å². The molecule has 8 rings (SSSR count). The number of methoxy groups -OCH3 is 2. The number of ether oxygens (including phenoxy) is 2. The van der Waals surface area contributed by atoms with E-state index < -0.39 is 0 Å². The van der Waals surface area contributed by atoms with Crippen LogP contribution in [-0.2, 0) is 31.9 Å². The van der Waals surface area contributed by atoms with Crippen LogP contribution in [0.15, 0.2) is 71.8 Å². The van der Waals surface area contributed by atoms with Crippen molar-refractivity contribution in [2.24, 2.45) is 23.7 Å². The number of carbonyl (C=O) groups excluding carboxylic acids is 2. The van der Waals surface area contributed by atoms with Crippen molar-refractivity contribution in [2.75, 3.05) is 34.4 Å². The lowest BCUT2D eigenvalue weighted by Gasteiger charge is -2.47. The van der Waals surface area contributed by atoms with Gasteiger partial charge in [-0.05, 0) is 81.7 Å². The van der Waals surface area contributed by atoms with E-state index in [-0.39, 0.29) is 58.2 Å². The number of piperidine rings is 2. The summed E-state index contributed by atoms with van der Waals surface area (Å²) < 4.78 is 11.1. The molecule has 4 heterocycles. The van der Waals surface area contributed by atoms with Crippen LogP contribution in [0.3, 0.4) is 0 Å². The molecule has 2 aliphatic heterocycles. The second kappa shape index (κ2) is 13.4. The molecule has 2 fully saturated rings. The van der Waals surface area contributed by atoms with Crippen LogP contribution in [0.4, 0.5) is 0 Å². The number of nitrogens with zero attached hydrogens (tertiary/aromatic N) is 1. The summed E-state index contributed by atoms with van der Waals surface area (Å²) in [7, 11) is 5.20. The SMILES string of the molecule is C/C=C1/CN(C)C2Cc3c([nH]c4ccccc34)[C@H](S[C@H]3C[C@H]4/C(=C\C)CNC(Cc5c3[nH]c3ccccc53)C4C(=O)OC)CC1C2C(=O)OC. The summed E-state index contributed by atoms with van der Waals surface area (Å²) in [6.07, 6.45) is 7.56. The van der Waals surface area contributed by atoms with E-state index in [4.69, 9.17) is 9.47 Å². The number of aromatic nitrogens is 2. The smallest absolute Gasteiger partial charge is 0.310 e. The number of likely N-dealkylation sites (N-methyl/N-ethyl adjacent to an activating group) is 1. The minimum Gasteiger partial charge on any atom is -0.469 e. The molecule has 3 N–H and O–H groups in total. The Morgan fingerprint density at radius 3 is 1.90 bits per heavy atom. The summed E-state index contributed by atoms with van der Waals surface area (Å²) >= 11 is 2.00. The van der Waals surface area contributed by atoms with Crippen molar-refractivity contribution < 1.29 is 19.1 Å². The Labute approximate surface area is 298 Å². The summed E-state index contributed by atoms with van der Waals surface area (Å²) in [6.45, 7) is 5.81. The van der Waals surface area contributed by atoms with Crippen molar-refractivity contribution in [1.82, 2.24) is 20.2 Å². The number of aromatic amines is 2. The number of benzene rings is 2. The molecule has 2 aliphatic carbocycles. The van der Waals surface area contributed by atoms with E-state index in [1.54, 1.807) is 0 Å². The van der Waals surface area contributed by atoms with Gasteiger partial charge in [-0.3, -0.25) is 14.5 Å². The minimum atomic E-state index is -0.279. The highest BCUT2D eigenvalue weighted by Crippen LogP contribution is 2.55. The number of likely N-dealkylation sites (tertiary alicyclic amines) is 1. The molecule has 0 amide bonds. The first kappa shape index (κ1) is 33.4. The lowest BCUT2D eigenvalue weighted by Crippen LogP contribution is -2.53. The van der Waals surface area contributed by atoms with E-state index >= 15 is 0 Å². The number of hydrogen-bond donors (Lipinski definition) is 3. The maximum atomic E-state index is 13.8. The van der Waals surface area contributed by atoms with Gasteiger partial charge >= 0.3 is 11.9 Å². The van der Waals surface area contributed by atoms with Crippen molar-refractivity contribution in [1.29, 1.82) is 0 Å². The maximum absolute atomic E-state index is 13.8. The number of fused-ring (bicyclic) bond motifs is 10. The van der Waals surface area contributed by atoms with Gasteiger partial charge in [-0.1, -0.05) is 59.7 Å². The quantitative estimate of drug-likeness (QED) is 0.156. The highest BCUT2D eigenvalue weighted by atomic mass is 32.2. The average molecular weight is 693 g/mol. The molecule has 5 unspecified atom stereocenters. The van der Waals surface area contributed by atoms with Crippen LogP contribution in [0.25, 0.3) is 21.8 Å². The maximum Gasteiger partial charge on any atom is 0.310 e. The van der Waals surface area contributed by atoms with E-state index in [0.29, 0.717) is 0 Å². The number of carbonyl (C=O) groups is 2. The molecule has 0 radical (unpaired) electrons.